The van der Waals surface area contributed by atoms with Crippen molar-refractivity contribution in [3.63, 3.8) is 0 Å². The summed E-state index contributed by atoms with van der Waals surface area (Å²) in [6.45, 7) is 6.58. The third kappa shape index (κ3) is 6.35. The van der Waals surface area contributed by atoms with Crippen molar-refractivity contribution in [2.45, 2.75) is 64.7 Å². The zero-order valence-electron chi connectivity index (χ0n) is 14.3. The number of aryl methyl sites for hydroxylation is 1. The normalized spacial score (nSPS) is 15.2. The molecule has 1 aromatic rings. The highest BCUT2D eigenvalue weighted by atomic mass is 15.2. The molecule has 0 spiro atoms. The lowest BCUT2D eigenvalue weighted by molar-refractivity contribution is 0.572. The molecule has 0 amide bonds. The smallest absolute Gasteiger partial charge is 0.128 e. The molecule has 0 bridgehead atoms. The van der Waals surface area contributed by atoms with Crippen molar-refractivity contribution in [2.75, 3.05) is 31.1 Å². The Morgan fingerprint density at radius 2 is 1.64 bits per heavy atom. The minimum Gasteiger partial charge on any atom is -0.354 e. The van der Waals surface area contributed by atoms with Crippen molar-refractivity contribution in [3.8, 4) is 0 Å². The second-order valence-corrected chi connectivity index (χ2v) is 6.45. The summed E-state index contributed by atoms with van der Waals surface area (Å²) in [6, 6.07) is 6.51. The topological polar surface area (TPSA) is 28.2 Å². The third-order valence-electron chi connectivity index (χ3n) is 4.52. The molecule has 1 N–H and O–H groups in total. The maximum Gasteiger partial charge on any atom is 0.128 e. The Hall–Kier alpha value is -1.09. The minimum atomic E-state index is 1.07. The van der Waals surface area contributed by atoms with Crippen LogP contribution in [0.3, 0.4) is 0 Å². The SMILES string of the molecule is CCCCCCCCCCc1cccc(N2CCNCC2)n1. The van der Waals surface area contributed by atoms with Crippen LogP contribution < -0.4 is 10.2 Å². The Balaban J connectivity index is 1.63. The van der Waals surface area contributed by atoms with Crippen LogP contribution in [0.1, 0.15) is 64.0 Å². The van der Waals surface area contributed by atoms with Gasteiger partial charge in [-0.1, -0.05) is 57.9 Å². The van der Waals surface area contributed by atoms with Crippen molar-refractivity contribution < 1.29 is 0 Å². The van der Waals surface area contributed by atoms with Crippen molar-refractivity contribution in [1.29, 1.82) is 0 Å². The number of rotatable bonds is 10. The fraction of sp³-hybridized carbons (Fsp3) is 0.737. The van der Waals surface area contributed by atoms with Gasteiger partial charge < -0.3 is 10.2 Å². The molecule has 0 aromatic carbocycles. The van der Waals surface area contributed by atoms with Crippen molar-refractivity contribution in [3.05, 3.63) is 23.9 Å². The molecule has 22 heavy (non-hydrogen) atoms. The Kier molecular flexibility index (Phi) is 8.32. The van der Waals surface area contributed by atoms with Crippen LogP contribution >= 0.6 is 0 Å². The van der Waals surface area contributed by atoms with Gasteiger partial charge in [-0.15, -0.1) is 0 Å². The lowest BCUT2D eigenvalue weighted by Gasteiger charge is -2.28. The van der Waals surface area contributed by atoms with Gasteiger partial charge in [-0.3, -0.25) is 0 Å². The number of piperazine rings is 1. The number of aromatic nitrogens is 1. The number of anilines is 1. The first-order chi connectivity index (χ1) is 10.9. The lowest BCUT2D eigenvalue weighted by atomic mass is 10.1. The average molecular weight is 303 g/mol. The van der Waals surface area contributed by atoms with Crippen LogP contribution in [0.15, 0.2) is 18.2 Å². The van der Waals surface area contributed by atoms with Crippen LogP contribution in [-0.2, 0) is 6.42 Å². The Morgan fingerprint density at radius 3 is 2.36 bits per heavy atom. The first kappa shape index (κ1) is 17.3. The largest absolute Gasteiger partial charge is 0.354 e. The predicted octanol–water partition coefficient (Wildman–Crippen LogP) is 4.17. The first-order valence-electron chi connectivity index (χ1n) is 9.32. The molecule has 2 rings (SSSR count). The van der Waals surface area contributed by atoms with E-state index in [0.29, 0.717) is 0 Å². The van der Waals surface area contributed by atoms with Gasteiger partial charge in [0.15, 0.2) is 0 Å². The molecule has 1 aliphatic heterocycles. The van der Waals surface area contributed by atoms with Crippen LogP contribution in [0.4, 0.5) is 5.82 Å². The quantitative estimate of drug-likeness (QED) is 0.657. The van der Waals surface area contributed by atoms with Gasteiger partial charge in [0.1, 0.15) is 5.82 Å². The summed E-state index contributed by atoms with van der Waals surface area (Å²) >= 11 is 0. The molecule has 3 nitrogen and oxygen atoms in total. The number of nitrogens with zero attached hydrogens (tertiary/aromatic N) is 2. The fourth-order valence-electron chi connectivity index (χ4n) is 3.12. The Bertz CT molecular complexity index is 399. The summed E-state index contributed by atoms with van der Waals surface area (Å²) < 4.78 is 0. The Labute approximate surface area is 136 Å². The van der Waals surface area contributed by atoms with Gasteiger partial charge in [0.2, 0.25) is 0 Å². The number of unbranched alkanes of at least 4 members (excludes halogenated alkanes) is 7. The number of hydrogen-bond donors (Lipinski definition) is 1. The Morgan fingerprint density at radius 1 is 0.955 bits per heavy atom. The molecule has 1 aromatic heterocycles. The molecule has 124 valence electrons. The van der Waals surface area contributed by atoms with Crippen molar-refractivity contribution in [1.82, 2.24) is 10.3 Å². The molecule has 3 heteroatoms. The van der Waals surface area contributed by atoms with Gasteiger partial charge in [-0.05, 0) is 25.0 Å². The van der Waals surface area contributed by atoms with Gasteiger partial charge in [0.25, 0.3) is 0 Å². The molecule has 0 unspecified atom stereocenters. The first-order valence-corrected chi connectivity index (χ1v) is 9.32. The molecule has 1 aliphatic rings. The van der Waals surface area contributed by atoms with E-state index in [-0.39, 0.29) is 0 Å². The zero-order valence-corrected chi connectivity index (χ0v) is 14.3. The fourth-order valence-corrected chi connectivity index (χ4v) is 3.12. The van der Waals surface area contributed by atoms with E-state index >= 15 is 0 Å². The summed E-state index contributed by atoms with van der Waals surface area (Å²) in [5.41, 5.74) is 1.27. The second kappa shape index (κ2) is 10.6. The summed E-state index contributed by atoms with van der Waals surface area (Å²) in [7, 11) is 0. The van der Waals surface area contributed by atoms with Gasteiger partial charge >= 0.3 is 0 Å². The van der Waals surface area contributed by atoms with Gasteiger partial charge in [0.05, 0.1) is 0 Å². The van der Waals surface area contributed by atoms with Gasteiger partial charge in [0, 0.05) is 31.9 Å². The third-order valence-corrected chi connectivity index (χ3v) is 4.52. The van der Waals surface area contributed by atoms with E-state index in [2.05, 4.69) is 35.3 Å². The molecular formula is C19H33N3. The monoisotopic (exact) mass is 303 g/mol. The maximum atomic E-state index is 4.85. The standard InChI is InChI=1S/C19H33N3/c1-2-3-4-5-6-7-8-9-11-18-12-10-13-19(21-18)22-16-14-20-15-17-22/h10,12-13,20H,2-9,11,14-17H2,1H3. The van der Waals surface area contributed by atoms with Crippen LogP contribution in [0, 0.1) is 0 Å². The van der Waals surface area contributed by atoms with Crippen LogP contribution in [-0.4, -0.2) is 31.2 Å². The van der Waals surface area contributed by atoms with E-state index in [1.54, 1.807) is 0 Å². The molecule has 0 radical (unpaired) electrons. The molecule has 1 saturated heterocycles. The molecule has 0 aliphatic carbocycles. The number of nitrogens with one attached hydrogen (secondary N) is 1. The molecule has 1 fully saturated rings. The van der Waals surface area contributed by atoms with E-state index in [9.17, 15) is 0 Å². The zero-order chi connectivity index (χ0) is 15.5. The van der Waals surface area contributed by atoms with E-state index in [4.69, 9.17) is 4.98 Å². The minimum absolute atomic E-state index is 1.07. The van der Waals surface area contributed by atoms with Crippen LogP contribution in [0.25, 0.3) is 0 Å². The molecule has 0 saturated carbocycles. The van der Waals surface area contributed by atoms with Crippen molar-refractivity contribution >= 4 is 5.82 Å². The molecule has 2 heterocycles. The highest BCUT2D eigenvalue weighted by Gasteiger charge is 2.11. The van der Waals surface area contributed by atoms with E-state index < -0.39 is 0 Å². The summed E-state index contributed by atoms with van der Waals surface area (Å²) in [5.74, 6) is 1.17. The number of hydrogen-bond acceptors (Lipinski definition) is 3. The summed E-state index contributed by atoms with van der Waals surface area (Å²) in [6.07, 6.45) is 12.2. The average Bonchev–Trinajstić information content (AvgIpc) is 2.58. The molecular weight excluding hydrogens is 270 g/mol. The van der Waals surface area contributed by atoms with Crippen molar-refractivity contribution in [2.24, 2.45) is 0 Å². The number of pyridine rings is 1. The van der Waals surface area contributed by atoms with E-state index in [0.717, 1.165) is 32.6 Å². The van der Waals surface area contributed by atoms with Gasteiger partial charge in [-0.2, -0.15) is 0 Å². The van der Waals surface area contributed by atoms with Crippen LogP contribution in [0.2, 0.25) is 0 Å². The highest BCUT2D eigenvalue weighted by molar-refractivity contribution is 5.39. The van der Waals surface area contributed by atoms with E-state index in [1.807, 2.05) is 0 Å². The van der Waals surface area contributed by atoms with Gasteiger partial charge in [-0.25, -0.2) is 4.98 Å². The second-order valence-electron chi connectivity index (χ2n) is 6.45. The van der Waals surface area contributed by atoms with Crippen LogP contribution in [0.5, 0.6) is 0 Å². The molecule has 0 atom stereocenters. The summed E-state index contributed by atoms with van der Waals surface area (Å²) in [4.78, 5) is 7.25. The van der Waals surface area contributed by atoms with E-state index in [1.165, 1.54) is 62.9 Å². The lowest BCUT2D eigenvalue weighted by Crippen LogP contribution is -2.43. The maximum absolute atomic E-state index is 4.85. The predicted molar refractivity (Wildman–Crippen MR) is 95.6 cm³/mol. The highest BCUT2D eigenvalue weighted by Crippen LogP contribution is 2.15. The summed E-state index contributed by atoms with van der Waals surface area (Å²) in [5, 5.41) is 3.40.